The van der Waals surface area contributed by atoms with Gasteiger partial charge in [0.1, 0.15) is 5.69 Å². The number of rotatable bonds is 4. The zero-order valence-electron chi connectivity index (χ0n) is 12.4. The van der Waals surface area contributed by atoms with Crippen LogP contribution in [0.1, 0.15) is 16.9 Å². The van der Waals surface area contributed by atoms with Crippen molar-refractivity contribution in [2.24, 2.45) is 0 Å². The molecule has 1 aromatic heterocycles. The van der Waals surface area contributed by atoms with Gasteiger partial charge in [0.25, 0.3) is 5.91 Å². The quantitative estimate of drug-likeness (QED) is 0.934. The molecule has 2 heterocycles. The van der Waals surface area contributed by atoms with Crippen molar-refractivity contribution in [2.75, 3.05) is 30.4 Å². The maximum atomic E-state index is 12.0. The lowest BCUT2D eigenvalue weighted by atomic mass is 10.2. The Balaban J connectivity index is 1.64. The van der Waals surface area contributed by atoms with Gasteiger partial charge in [0.15, 0.2) is 0 Å². The summed E-state index contributed by atoms with van der Waals surface area (Å²) in [4.78, 5) is 22.1. The van der Waals surface area contributed by atoms with Crippen LogP contribution in [0.5, 0.6) is 0 Å². The average Bonchev–Trinajstić information content (AvgIpc) is 3.05. The van der Waals surface area contributed by atoms with Crippen molar-refractivity contribution in [3.05, 3.63) is 48.5 Å². The van der Waals surface area contributed by atoms with Crippen molar-refractivity contribution >= 4 is 17.3 Å². The molecule has 1 amide bonds. The van der Waals surface area contributed by atoms with Crippen LogP contribution < -0.4 is 10.2 Å². The van der Waals surface area contributed by atoms with Gasteiger partial charge in [-0.25, -0.2) is 4.98 Å². The second kappa shape index (κ2) is 6.53. The number of carbonyl (C=O) groups is 1. The first-order valence-electron chi connectivity index (χ1n) is 7.21. The fraction of sp³-hybridized carbons (Fsp3) is 0.312. The third kappa shape index (κ3) is 3.23. The molecule has 3 rings (SSSR count). The summed E-state index contributed by atoms with van der Waals surface area (Å²) in [5.41, 5.74) is 2.17. The van der Waals surface area contributed by atoms with Crippen LogP contribution in [0.25, 0.3) is 0 Å². The molecule has 1 saturated heterocycles. The van der Waals surface area contributed by atoms with Gasteiger partial charge in [0.05, 0.1) is 12.3 Å². The Hall–Kier alpha value is -2.47. The van der Waals surface area contributed by atoms with Crippen molar-refractivity contribution in [1.82, 2.24) is 9.97 Å². The number of hydrogen-bond donors (Lipinski definition) is 1. The molecule has 114 valence electrons. The van der Waals surface area contributed by atoms with Gasteiger partial charge in [-0.15, -0.1) is 0 Å². The van der Waals surface area contributed by atoms with Crippen molar-refractivity contribution < 1.29 is 9.53 Å². The molecule has 6 nitrogen and oxygen atoms in total. The fourth-order valence-electron chi connectivity index (χ4n) is 2.52. The number of aromatic nitrogens is 2. The van der Waals surface area contributed by atoms with E-state index in [1.54, 1.807) is 7.11 Å². The maximum absolute atomic E-state index is 12.0. The van der Waals surface area contributed by atoms with Crippen LogP contribution in [-0.2, 0) is 4.74 Å². The molecule has 22 heavy (non-hydrogen) atoms. The summed E-state index contributed by atoms with van der Waals surface area (Å²) >= 11 is 0. The van der Waals surface area contributed by atoms with Crippen LogP contribution in [0.2, 0.25) is 0 Å². The number of nitrogens with zero attached hydrogens (tertiary/aromatic N) is 3. The van der Waals surface area contributed by atoms with Crippen LogP contribution in [0.15, 0.2) is 42.9 Å². The molecule has 1 N–H and O–H groups in total. The highest BCUT2D eigenvalue weighted by Crippen LogP contribution is 2.23. The van der Waals surface area contributed by atoms with Crippen molar-refractivity contribution in [1.29, 1.82) is 0 Å². The summed E-state index contributed by atoms with van der Waals surface area (Å²) in [5.74, 6) is -0.263. The minimum absolute atomic E-state index is 0.263. The molecule has 1 fully saturated rings. The molecular weight excluding hydrogens is 280 g/mol. The van der Waals surface area contributed by atoms with E-state index in [4.69, 9.17) is 4.74 Å². The molecule has 1 aromatic carbocycles. The predicted molar refractivity (Wildman–Crippen MR) is 84.1 cm³/mol. The summed E-state index contributed by atoms with van der Waals surface area (Å²) in [6, 6.07) is 7.79. The number of anilines is 2. The van der Waals surface area contributed by atoms with E-state index in [-0.39, 0.29) is 5.91 Å². The van der Waals surface area contributed by atoms with Gasteiger partial charge in [-0.2, -0.15) is 0 Å². The number of methoxy groups -OCH3 is 1. The summed E-state index contributed by atoms with van der Waals surface area (Å²) in [5, 5.41) is 2.81. The molecular formula is C16H18N4O2. The van der Waals surface area contributed by atoms with E-state index >= 15 is 0 Å². The first-order chi connectivity index (χ1) is 10.8. The molecule has 0 aliphatic carbocycles. The van der Waals surface area contributed by atoms with Gasteiger partial charge >= 0.3 is 0 Å². The van der Waals surface area contributed by atoms with Crippen molar-refractivity contribution in [3.8, 4) is 0 Å². The highest BCUT2D eigenvalue weighted by atomic mass is 16.5. The summed E-state index contributed by atoms with van der Waals surface area (Å²) < 4.78 is 5.38. The Bertz CT molecular complexity index is 630. The summed E-state index contributed by atoms with van der Waals surface area (Å²) in [7, 11) is 1.75. The minimum Gasteiger partial charge on any atom is -0.380 e. The van der Waals surface area contributed by atoms with E-state index < -0.39 is 0 Å². The standard InChI is InChI=1S/C16H18N4O2/c1-22-14-6-9-20(11-14)13-4-2-12(3-5-13)19-16(21)15-10-17-7-8-18-15/h2-5,7-8,10,14H,6,9,11H2,1H3,(H,19,21)/t14-/m1/s1. The normalized spacial score (nSPS) is 17.5. The molecule has 0 saturated carbocycles. The molecule has 1 aliphatic heterocycles. The van der Waals surface area contributed by atoms with Crippen LogP contribution in [-0.4, -0.2) is 42.2 Å². The smallest absolute Gasteiger partial charge is 0.275 e. The van der Waals surface area contributed by atoms with Gasteiger partial charge in [-0.3, -0.25) is 9.78 Å². The minimum atomic E-state index is -0.263. The lowest BCUT2D eigenvalue weighted by molar-refractivity contribution is 0.102. The largest absolute Gasteiger partial charge is 0.380 e. The fourth-order valence-corrected chi connectivity index (χ4v) is 2.52. The second-order valence-electron chi connectivity index (χ2n) is 5.18. The van der Waals surface area contributed by atoms with Gasteiger partial charge in [0, 0.05) is 44.0 Å². The van der Waals surface area contributed by atoms with Crippen LogP contribution in [0.4, 0.5) is 11.4 Å². The Morgan fingerprint density at radius 3 is 2.77 bits per heavy atom. The van der Waals surface area contributed by atoms with Crippen LogP contribution in [0.3, 0.4) is 0 Å². The molecule has 6 heteroatoms. The number of hydrogen-bond acceptors (Lipinski definition) is 5. The Labute approximate surface area is 129 Å². The third-order valence-electron chi connectivity index (χ3n) is 3.76. The van der Waals surface area contributed by atoms with Gasteiger partial charge < -0.3 is 15.0 Å². The zero-order chi connectivity index (χ0) is 15.4. The van der Waals surface area contributed by atoms with E-state index in [9.17, 15) is 4.79 Å². The highest BCUT2D eigenvalue weighted by molar-refractivity contribution is 6.02. The average molecular weight is 298 g/mol. The monoisotopic (exact) mass is 298 g/mol. The molecule has 1 atom stereocenters. The van der Waals surface area contributed by atoms with Gasteiger partial charge in [0.2, 0.25) is 0 Å². The number of benzene rings is 1. The molecule has 1 aliphatic rings. The number of nitrogens with one attached hydrogen (secondary N) is 1. The van der Waals surface area contributed by atoms with Crippen molar-refractivity contribution in [3.63, 3.8) is 0 Å². The SMILES string of the molecule is CO[C@@H]1CCN(c2ccc(NC(=O)c3cnccn3)cc2)C1. The molecule has 2 aromatic rings. The van der Waals surface area contributed by atoms with Crippen LogP contribution >= 0.6 is 0 Å². The van der Waals surface area contributed by atoms with E-state index in [2.05, 4.69) is 20.2 Å². The number of carbonyl (C=O) groups excluding carboxylic acids is 1. The lowest BCUT2D eigenvalue weighted by Crippen LogP contribution is -2.22. The van der Waals surface area contributed by atoms with E-state index in [1.807, 2.05) is 24.3 Å². The Kier molecular flexibility index (Phi) is 4.29. The molecule has 0 unspecified atom stereocenters. The molecule has 0 bridgehead atoms. The summed E-state index contributed by atoms with van der Waals surface area (Å²) in [6.45, 7) is 1.89. The second-order valence-corrected chi connectivity index (χ2v) is 5.18. The molecule has 0 radical (unpaired) electrons. The van der Waals surface area contributed by atoms with Gasteiger partial charge in [-0.05, 0) is 30.7 Å². The van der Waals surface area contributed by atoms with Gasteiger partial charge in [-0.1, -0.05) is 0 Å². The Morgan fingerprint density at radius 2 is 2.14 bits per heavy atom. The van der Waals surface area contributed by atoms with E-state index in [0.29, 0.717) is 11.8 Å². The topological polar surface area (TPSA) is 67.3 Å². The molecule has 0 spiro atoms. The predicted octanol–water partition coefficient (Wildman–Crippen LogP) is 1.95. The number of amides is 1. The third-order valence-corrected chi connectivity index (χ3v) is 3.76. The zero-order valence-corrected chi connectivity index (χ0v) is 12.4. The first kappa shape index (κ1) is 14.5. The van der Waals surface area contributed by atoms with Crippen LogP contribution in [0, 0.1) is 0 Å². The highest BCUT2D eigenvalue weighted by Gasteiger charge is 2.22. The summed E-state index contributed by atoms with van der Waals surface area (Å²) in [6.07, 6.45) is 5.82. The van der Waals surface area contributed by atoms with Crippen molar-refractivity contribution in [2.45, 2.75) is 12.5 Å². The van der Waals surface area contributed by atoms with E-state index in [0.717, 1.165) is 30.9 Å². The first-order valence-corrected chi connectivity index (χ1v) is 7.21. The maximum Gasteiger partial charge on any atom is 0.275 e. The lowest BCUT2D eigenvalue weighted by Gasteiger charge is -2.18. The Morgan fingerprint density at radius 1 is 1.32 bits per heavy atom. The number of ether oxygens (including phenoxy) is 1. The van der Waals surface area contributed by atoms with E-state index in [1.165, 1.54) is 18.6 Å².